The zero-order chi connectivity index (χ0) is 20.9. The molecule has 7 heteroatoms. The second-order valence-electron chi connectivity index (χ2n) is 6.63. The predicted molar refractivity (Wildman–Crippen MR) is 117 cm³/mol. The SMILES string of the molecule is COc1cccc(NC(=O)Cn2c(COc3ccc(Cl)cc3)nc3ccccc32)c1. The highest BCUT2D eigenvalue weighted by molar-refractivity contribution is 6.30. The summed E-state index contributed by atoms with van der Waals surface area (Å²) in [5, 5.41) is 3.55. The van der Waals surface area contributed by atoms with Gasteiger partial charge in [0.05, 0.1) is 18.1 Å². The van der Waals surface area contributed by atoms with Crippen LogP contribution in [0.1, 0.15) is 5.82 Å². The van der Waals surface area contributed by atoms with Gasteiger partial charge in [-0.3, -0.25) is 4.79 Å². The van der Waals surface area contributed by atoms with Crippen molar-refractivity contribution >= 4 is 34.2 Å². The molecule has 1 amide bonds. The number of anilines is 1. The van der Waals surface area contributed by atoms with E-state index in [9.17, 15) is 4.79 Å². The molecular formula is C23H20ClN3O3. The van der Waals surface area contributed by atoms with Gasteiger partial charge >= 0.3 is 0 Å². The van der Waals surface area contributed by atoms with Crippen LogP contribution >= 0.6 is 11.6 Å². The Balaban J connectivity index is 1.54. The molecule has 0 saturated carbocycles. The lowest BCUT2D eigenvalue weighted by Gasteiger charge is -2.11. The Labute approximate surface area is 179 Å². The Kier molecular flexibility index (Phi) is 5.86. The van der Waals surface area contributed by atoms with Gasteiger partial charge in [-0.2, -0.15) is 0 Å². The monoisotopic (exact) mass is 421 g/mol. The molecule has 0 atom stereocenters. The minimum atomic E-state index is -0.167. The normalized spacial score (nSPS) is 10.7. The third-order valence-corrected chi connectivity index (χ3v) is 4.82. The van der Waals surface area contributed by atoms with Crippen molar-refractivity contribution in [3.8, 4) is 11.5 Å². The number of benzene rings is 3. The third-order valence-electron chi connectivity index (χ3n) is 4.57. The molecule has 4 aromatic rings. The average Bonchev–Trinajstić information content (AvgIpc) is 3.11. The standard InChI is InChI=1S/C23H20ClN3O3/c1-29-19-6-4-5-17(13-19)25-23(28)14-27-21-8-3-2-7-20(21)26-22(27)15-30-18-11-9-16(24)10-12-18/h2-13H,14-15H2,1H3,(H,25,28). The van der Waals surface area contributed by atoms with Gasteiger partial charge in [0.1, 0.15) is 30.5 Å². The van der Waals surface area contributed by atoms with Gasteiger partial charge in [0, 0.05) is 16.8 Å². The molecule has 1 N–H and O–H groups in total. The molecule has 6 nitrogen and oxygen atoms in total. The number of amides is 1. The van der Waals surface area contributed by atoms with Crippen LogP contribution in [0.5, 0.6) is 11.5 Å². The number of ether oxygens (including phenoxy) is 2. The lowest BCUT2D eigenvalue weighted by Crippen LogP contribution is -2.20. The largest absolute Gasteiger partial charge is 0.497 e. The van der Waals surface area contributed by atoms with E-state index in [4.69, 9.17) is 21.1 Å². The van der Waals surface area contributed by atoms with Crippen LogP contribution in [-0.2, 0) is 17.9 Å². The van der Waals surface area contributed by atoms with Crippen LogP contribution in [0.25, 0.3) is 11.0 Å². The Morgan fingerprint density at radius 1 is 1.03 bits per heavy atom. The molecule has 0 radical (unpaired) electrons. The van der Waals surface area contributed by atoms with E-state index < -0.39 is 0 Å². The van der Waals surface area contributed by atoms with Crippen LogP contribution in [0.4, 0.5) is 5.69 Å². The van der Waals surface area contributed by atoms with Crippen molar-refractivity contribution in [3.05, 3.63) is 83.6 Å². The molecule has 0 bridgehead atoms. The lowest BCUT2D eigenvalue weighted by atomic mass is 10.3. The zero-order valence-corrected chi connectivity index (χ0v) is 17.1. The number of nitrogens with zero attached hydrogens (tertiary/aromatic N) is 2. The highest BCUT2D eigenvalue weighted by Crippen LogP contribution is 2.21. The number of methoxy groups -OCH3 is 1. The van der Waals surface area contributed by atoms with E-state index in [0.29, 0.717) is 28.0 Å². The molecule has 4 rings (SSSR count). The van der Waals surface area contributed by atoms with Gasteiger partial charge in [-0.15, -0.1) is 0 Å². The van der Waals surface area contributed by atoms with Gasteiger partial charge in [-0.25, -0.2) is 4.98 Å². The maximum atomic E-state index is 12.7. The fourth-order valence-electron chi connectivity index (χ4n) is 3.14. The molecule has 1 aromatic heterocycles. The number of fused-ring (bicyclic) bond motifs is 1. The number of para-hydroxylation sites is 2. The molecule has 0 aliphatic heterocycles. The molecule has 0 fully saturated rings. The van der Waals surface area contributed by atoms with E-state index in [0.717, 1.165) is 11.0 Å². The van der Waals surface area contributed by atoms with Crippen LogP contribution in [-0.4, -0.2) is 22.6 Å². The maximum absolute atomic E-state index is 12.7. The summed E-state index contributed by atoms with van der Waals surface area (Å²) in [6, 6.07) is 22.1. The number of imidazole rings is 1. The Morgan fingerprint density at radius 3 is 2.63 bits per heavy atom. The number of halogens is 1. The quantitative estimate of drug-likeness (QED) is 0.460. The third kappa shape index (κ3) is 4.55. The number of hydrogen-bond acceptors (Lipinski definition) is 4. The van der Waals surface area contributed by atoms with Crippen molar-refractivity contribution in [3.63, 3.8) is 0 Å². The minimum Gasteiger partial charge on any atom is -0.497 e. The first-order valence-corrected chi connectivity index (χ1v) is 9.76. The number of carbonyl (C=O) groups is 1. The molecule has 3 aromatic carbocycles. The van der Waals surface area contributed by atoms with Crippen molar-refractivity contribution in [2.75, 3.05) is 12.4 Å². The number of rotatable bonds is 7. The Bertz CT molecular complexity index is 1170. The molecule has 0 spiro atoms. The number of aromatic nitrogens is 2. The van der Waals surface area contributed by atoms with Crippen molar-refractivity contribution in [1.82, 2.24) is 9.55 Å². The maximum Gasteiger partial charge on any atom is 0.244 e. The molecule has 152 valence electrons. The molecule has 1 heterocycles. The van der Waals surface area contributed by atoms with Gasteiger partial charge in [-0.1, -0.05) is 29.8 Å². The average molecular weight is 422 g/mol. The van der Waals surface area contributed by atoms with E-state index in [2.05, 4.69) is 10.3 Å². The second kappa shape index (κ2) is 8.88. The Morgan fingerprint density at radius 2 is 1.83 bits per heavy atom. The topological polar surface area (TPSA) is 65.4 Å². The highest BCUT2D eigenvalue weighted by atomic mass is 35.5. The van der Waals surface area contributed by atoms with Gasteiger partial charge in [0.2, 0.25) is 5.91 Å². The molecule has 30 heavy (non-hydrogen) atoms. The van der Waals surface area contributed by atoms with Crippen LogP contribution in [0, 0.1) is 0 Å². The summed E-state index contributed by atoms with van der Waals surface area (Å²) in [6.45, 7) is 0.333. The second-order valence-corrected chi connectivity index (χ2v) is 7.06. The zero-order valence-electron chi connectivity index (χ0n) is 16.3. The van der Waals surface area contributed by atoms with E-state index >= 15 is 0 Å². The van der Waals surface area contributed by atoms with Gasteiger partial charge in [-0.05, 0) is 48.5 Å². The molecular weight excluding hydrogens is 402 g/mol. The van der Waals surface area contributed by atoms with Crippen molar-refractivity contribution in [2.45, 2.75) is 13.2 Å². The summed E-state index contributed by atoms with van der Waals surface area (Å²) in [5.74, 6) is 1.85. The summed E-state index contributed by atoms with van der Waals surface area (Å²) in [4.78, 5) is 17.4. The minimum absolute atomic E-state index is 0.108. The summed E-state index contributed by atoms with van der Waals surface area (Å²) >= 11 is 5.93. The van der Waals surface area contributed by atoms with Gasteiger partial charge in [0.15, 0.2) is 0 Å². The van der Waals surface area contributed by atoms with E-state index in [-0.39, 0.29) is 19.1 Å². The molecule has 0 unspecified atom stereocenters. The first-order valence-electron chi connectivity index (χ1n) is 9.39. The van der Waals surface area contributed by atoms with Crippen LogP contribution < -0.4 is 14.8 Å². The van der Waals surface area contributed by atoms with Crippen molar-refractivity contribution in [2.24, 2.45) is 0 Å². The van der Waals surface area contributed by atoms with Crippen LogP contribution in [0.2, 0.25) is 5.02 Å². The summed E-state index contributed by atoms with van der Waals surface area (Å²) < 4.78 is 12.9. The van der Waals surface area contributed by atoms with Crippen LogP contribution in [0.15, 0.2) is 72.8 Å². The summed E-state index contributed by atoms with van der Waals surface area (Å²) in [6.07, 6.45) is 0. The highest BCUT2D eigenvalue weighted by Gasteiger charge is 2.14. The molecule has 0 saturated heterocycles. The smallest absolute Gasteiger partial charge is 0.244 e. The fourth-order valence-corrected chi connectivity index (χ4v) is 3.26. The fraction of sp³-hybridized carbons (Fsp3) is 0.130. The van der Waals surface area contributed by atoms with Crippen molar-refractivity contribution < 1.29 is 14.3 Å². The molecule has 0 aliphatic rings. The first kappa shape index (κ1) is 19.8. The van der Waals surface area contributed by atoms with E-state index in [1.54, 1.807) is 37.4 Å². The van der Waals surface area contributed by atoms with Crippen LogP contribution in [0.3, 0.4) is 0 Å². The van der Waals surface area contributed by atoms with Gasteiger partial charge < -0.3 is 19.4 Å². The van der Waals surface area contributed by atoms with E-state index in [1.807, 2.05) is 47.0 Å². The Hall–Kier alpha value is -3.51. The summed E-state index contributed by atoms with van der Waals surface area (Å²) in [7, 11) is 1.59. The summed E-state index contributed by atoms with van der Waals surface area (Å²) in [5.41, 5.74) is 2.34. The first-order chi connectivity index (χ1) is 14.6. The number of hydrogen-bond donors (Lipinski definition) is 1. The lowest BCUT2D eigenvalue weighted by molar-refractivity contribution is -0.116. The predicted octanol–water partition coefficient (Wildman–Crippen LogP) is 4.92. The molecule has 0 aliphatic carbocycles. The van der Waals surface area contributed by atoms with Crippen molar-refractivity contribution in [1.29, 1.82) is 0 Å². The van der Waals surface area contributed by atoms with E-state index in [1.165, 1.54) is 0 Å². The number of nitrogens with one attached hydrogen (secondary N) is 1. The van der Waals surface area contributed by atoms with Gasteiger partial charge in [0.25, 0.3) is 0 Å². The number of carbonyl (C=O) groups excluding carboxylic acids is 1.